The maximum atomic E-state index is 11.9. The van der Waals surface area contributed by atoms with Gasteiger partial charge in [-0.25, -0.2) is 20.0 Å². The minimum atomic E-state index is -0.0844. The quantitative estimate of drug-likeness (QED) is 0.303. The number of rotatable bonds is 7. The van der Waals surface area contributed by atoms with Crippen molar-refractivity contribution in [3.63, 3.8) is 0 Å². The predicted molar refractivity (Wildman–Crippen MR) is 162 cm³/mol. The number of amides is 1. The molecule has 6 rings (SSSR count). The van der Waals surface area contributed by atoms with E-state index in [9.17, 15) is 4.79 Å². The van der Waals surface area contributed by atoms with E-state index in [2.05, 4.69) is 62.4 Å². The van der Waals surface area contributed by atoms with Gasteiger partial charge in [0.05, 0.1) is 11.3 Å². The first-order valence-corrected chi connectivity index (χ1v) is 13.6. The van der Waals surface area contributed by atoms with Crippen LogP contribution in [0.2, 0.25) is 0 Å². The molecule has 0 aliphatic carbocycles. The van der Waals surface area contributed by atoms with Gasteiger partial charge in [-0.2, -0.15) is 0 Å². The number of nitrogen functional groups attached to an aromatic ring is 1. The maximum Gasteiger partial charge on any atom is 0.260 e. The number of anilines is 1. The number of carbonyl (C=O) groups excluding carboxylic acids is 1. The highest BCUT2D eigenvalue weighted by Gasteiger charge is 2.22. The van der Waals surface area contributed by atoms with Crippen molar-refractivity contribution in [1.29, 1.82) is 0 Å². The first-order valence-electron chi connectivity index (χ1n) is 13.6. The molecule has 0 radical (unpaired) electrons. The van der Waals surface area contributed by atoms with E-state index in [4.69, 9.17) is 15.7 Å². The Balaban J connectivity index is 1.30. The van der Waals surface area contributed by atoms with Crippen LogP contribution in [0.25, 0.3) is 39.5 Å². The molecular formula is C32H32N8O. The summed E-state index contributed by atoms with van der Waals surface area (Å²) < 4.78 is 2.06. The lowest BCUT2D eigenvalue weighted by Gasteiger charge is -2.39. The van der Waals surface area contributed by atoms with Gasteiger partial charge in [0.2, 0.25) is 0 Å². The van der Waals surface area contributed by atoms with Gasteiger partial charge in [0.25, 0.3) is 5.91 Å². The summed E-state index contributed by atoms with van der Waals surface area (Å²) >= 11 is 0. The van der Waals surface area contributed by atoms with Gasteiger partial charge in [-0.15, -0.1) is 0 Å². The first-order chi connectivity index (χ1) is 20.0. The molecule has 5 aromatic rings. The largest absolute Gasteiger partial charge is 0.383 e. The fourth-order valence-corrected chi connectivity index (χ4v) is 5.23. The number of imidazole rings is 1. The molecule has 1 saturated heterocycles. The Labute approximate surface area is 239 Å². The fourth-order valence-electron chi connectivity index (χ4n) is 5.23. The zero-order valence-corrected chi connectivity index (χ0v) is 23.0. The van der Waals surface area contributed by atoms with E-state index >= 15 is 0 Å². The van der Waals surface area contributed by atoms with Gasteiger partial charge in [-0.05, 0) is 48.0 Å². The molecule has 41 heavy (non-hydrogen) atoms. The van der Waals surface area contributed by atoms with Crippen LogP contribution in [0.3, 0.4) is 0 Å². The first kappa shape index (κ1) is 26.4. The molecule has 2 aromatic carbocycles. The second-order valence-electron chi connectivity index (χ2n) is 10.1. The summed E-state index contributed by atoms with van der Waals surface area (Å²) in [6, 6.07) is 26.5. The van der Waals surface area contributed by atoms with Gasteiger partial charge in [0, 0.05) is 57.2 Å². The number of hydrogen-bond donors (Lipinski definition) is 1. The minimum Gasteiger partial charge on any atom is -0.383 e. The van der Waals surface area contributed by atoms with Crippen LogP contribution in [-0.2, 0) is 11.3 Å². The van der Waals surface area contributed by atoms with Gasteiger partial charge in [-0.3, -0.25) is 19.3 Å². The van der Waals surface area contributed by atoms with Crippen LogP contribution in [0.1, 0.15) is 5.56 Å². The molecule has 1 amide bonds. The highest BCUT2D eigenvalue weighted by molar-refractivity contribution is 5.86. The molecule has 0 atom stereocenters. The molecule has 0 spiro atoms. The van der Waals surface area contributed by atoms with Crippen molar-refractivity contribution in [1.82, 2.24) is 34.4 Å². The monoisotopic (exact) mass is 544 g/mol. The number of fused-ring (bicyclic) bond motifs is 1. The van der Waals surface area contributed by atoms with Crippen LogP contribution < -0.4 is 5.73 Å². The van der Waals surface area contributed by atoms with Crippen molar-refractivity contribution < 1.29 is 4.79 Å². The second-order valence-corrected chi connectivity index (χ2v) is 10.1. The number of hydrogen-bond acceptors (Lipinski definition) is 7. The molecule has 3 aromatic heterocycles. The smallest absolute Gasteiger partial charge is 0.260 e. The average Bonchev–Trinajstić information content (AvgIpc) is 3.40. The van der Waals surface area contributed by atoms with Gasteiger partial charge < -0.3 is 5.73 Å². The summed E-state index contributed by atoms with van der Waals surface area (Å²) in [5, 5.41) is 3.72. The van der Waals surface area contributed by atoms with Crippen molar-refractivity contribution in [2.75, 3.05) is 39.0 Å². The van der Waals surface area contributed by atoms with E-state index in [1.807, 2.05) is 42.5 Å². The lowest BCUT2D eigenvalue weighted by molar-refractivity contribution is -0.143. The van der Waals surface area contributed by atoms with Crippen molar-refractivity contribution >= 4 is 22.9 Å². The molecule has 2 N–H and O–H groups in total. The third kappa shape index (κ3) is 5.32. The topological polar surface area (TPSA) is 96.4 Å². The van der Waals surface area contributed by atoms with Crippen molar-refractivity contribution in [3.05, 3.63) is 103 Å². The molecule has 9 nitrogen and oxygen atoms in total. The number of hydrazine groups is 1. The zero-order valence-electron chi connectivity index (χ0n) is 23.0. The fraction of sp³-hybridized carbons (Fsp3) is 0.188. The Kier molecular flexibility index (Phi) is 7.28. The molecule has 1 aliphatic rings. The Bertz CT molecular complexity index is 1690. The van der Waals surface area contributed by atoms with Gasteiger partial charge in [0.15, 0.2) is 11.5 Å². The maximum absolute atomic E-state index is 11.9. The van der Waals surface area contributed by atoms with Crippen LogP contribution >= 0.6 is 0 Å². The summed E-state index contributed by atoms with van der Waals surface area (Å²) in [6.45, 7) is 7.75. The molecular weight excluding hydrogens is 512 g/mol. The molecule has 1 fully saturated rings. The number of aromatic nitrogens is 4. The average molecular weight is 545 g/mol. The normalized spacial score (nSPS) is 14.3. The lowest BCUT2D eigenvalue weighted by atomic mass is 10.1. The van der Waals surface area contributed by atoms with Crippen molar-refractivity contribution in [2.45, 2.75) is 6.54 Å². The van der Waals surface area contributed by atoms with Crippen LogP contribution in [0.5, 0.6) is 0 Å². The summed E-state index contributed by atoms with van der Waals surface area (Å²) in [7, 11) is 1.79. The highest BCUT2D eigenvalue weighted by Crippen LogP contribution is 2.31. The molecule has 9 heteroatoms. The SMILES string of the molecule is C=CC(=O)N(C)N1CCN(Cc2ccc(-n3c(-c4cccnc4N)nc4ccc(-c5ccccc5)nc43)cc2)CC1. The summed E-state index contributed by atoms with van der Waals surface area (Å²) in [5.41, 5.74) is 12.7. The number of nitrogens with two attached hydrogens (primary N) is 1. The third-order valence-corrected chi connectivity index (χ3v) is 7.52. The molecule has 206 valence electrons. The van der Waals surface area contributed by atoms with Crippen LogP contribution in [0, 0.1) is 0 Å². The molecule has 0 bridgehead atoms. The Morgan fingerprint density at radius 1 is 0.951 bits per heavy atom. The third-order valence-electron chi connectivity index (χ3n) is 7.52. The van der Waals surface area contributed by atoms with E-state index in [1.165, 1.54) is 11.6 Å². The van der Waals surface area contributed by atoms with Crippen LogP contribution in [0.4, 0.5) is 5.82 Å². The standard InChI is InChI=1S/C32H32N8O/c1-3-29(41)37(2)39-20-18-38(19-21-39)22-23-11-13-25(14-12-23)40-31(26-10-7-17-34-30(26)33)36-28-16-15-27(35-32(28)40)24-8-5-4-6-9-24/h3-17H,1,18-22H2,2H3,(H2,33,34). The Morgan fingerprint density at radius 2 is 1.71 bits per heavy atom. The summed E-state index contributed by atoms with van der Waals surface area (Å²) in [6.07, 6.45) is 3.03. The van der Waals surface area contributed by atoms with Crippen molar-refractivity contribution in [2.24, 2.45) is 0 Å². The van der Waals surface area contributed by atoms with Crippen LogP contribution in [-0.4, -0.2) is 73.6 Å². The predicted octanol–water partition coefficient (Wildman–Crippen LogP) is 4.41. The number of likely N-dealkylation sites (N-methyl/N-ethyl adjacent to an activating group) is 1. The number of piperazine rings is 1. The van der Waals surface area contributed by atoms with Gasteiger partial charge in [0.1, 0.15) is 11.3 Å². The molecule has 0 saturated carbocycles. The Hall–Kier alpha value is -4.86. The second kappa shape index (κ2) is 11.3. The molecule has 0 unspecified atom stereocenters. The zero-order chi connectivity index (χ0) is 28.3. The molecule has 4 heterocycles. The Morgan fingerprint density at radius 3 is 2.41 bits per heavy atom. The number of nitrogens with zero attached hydrogens (tertiary/aromatic N) is 7. The van der Waals surface area contributed by atoms with Crippen LogP contribution in [0.15, 0.2) is 97.7 Å². The van der Waals surface area contributed by atoms with Gasteiger partial charge in [-0.1, -0.05) is 49.0 Å². The number of carbonyl (C=O) groups is 1. The van der Waals surface area contributed by atoms with E-state index in [0.717, 1.165) is 66.4 Å². The highest BCUT2D eigenvalue weighted by atomic mass is 16.2. The number of pyridine rings is 2. The summed E-state index contributed by atoms with van der Waals surface area (Å²) in [5.74, 6) is 1.03. The van der Waals surface area contributed by atoms with Crippen molar-refractivity contribution in [3.8, 4) is 28.3 Å². The lowest BCUT2D eigenvalue weighted by Crippen LogP contribution is -2.53. The molecule has 1 aliphatic heterocycles. The number of benzene rings is 2. The van der Waals surface area contributed by atoms with E-state index in [0.29, 0.717) is 11.6 Å². The minimum absolute atomic E-state index is 0.0844. The van der Waals surface area contributed by atoms with E-state index in [1.54, 1.807) is 18.3 Å². The van der Waals surface area contributed by atoms with E-state index in [-0.39, 0.29) is 5.91 Å². The van der Waals surface area contributed by atoms with Gasteiger partial charge >= 0.3 is 0 Å². The summed E-state index contributed by atoms with van der Waals surface area (Å²) in [4.78, 5) is 28.6. The van der Waals surface area contributed by atoms with E-state index < -0.39 is 0 Å².